The molecule has 1 atom stereocenters. The minimum absolute atomic E-state index is 0.412. The van der Waals surface area contributed by atoms with Crippen LogP contribution in [-0.2, 0) is 0 Å². The normalized spacial score (nSPS) is 13.4. The Labute approximate surface area is 96.6 Å². The van der Waals surface area contributed by atoms with Crippen molar-refractivity contribution in [2.24, 2.45) is 5.73 Å². The Balaban J connectivity index is 2.47. The number of fused-ring (bicyclic) bond motifs is 1. The molecule has 2 rings (SSSR count). The van der Waals surface area contributed by atoms with Crippen LogP contribution in [0.5, 0.6) is 0 Å². The van der Waals surface area contributed by atoms with Crippen molar-refractivity contribution < 1.29 is 0 Å². The van der Waals surface area contributed by atoms with Gasteiger partial charge in [0.15, 0.2) is 0 Å². The molecule has 0 radical (unpaired) electrons. The Morgan fingerprint density at radius 1 is 1.12 bits per heavy atom. The molecule has 0 fully saturated rings. The van der Waals surface area contributed by atoms with Gasteiger partial charge in [0.1, 0.15) is 0 Å². The highest BCUT2D eigenvalue weighted by Crippen LogP contribution is 2.26. The molecule has 0 saturated heterocycles. The number of benzene rings is 2. The molecule has 0 aliphatic carbocycles. The van der Waals surface area contributed by atoms with Crippen LogP contribution in [0.25, 0.3) is 10.8 Å². The van der Waals surface area contributed by atoms with E-state index in [9.17, 15) is 0 Å². The largest absolute Gasteiger partial charge is 0.327 e. The molecular formula is C15H17N. The zero-order valence-electron chi connectivity index (χ0n) is 9.56. The molecule has 1 nitrogen and oxygen atoms in total. The Morgan fingerprint density at radius 2 is 1.88 bits per heavy atom. The second-order valence-corrected chi connectivity index (χ2v) is 4.02. The zero-order valence-corrected chi connectivity index (χ0v) is 9.56. The van der Waals surface area contributed by atoms with Crippen LogP contribution < -0.4 is 5.73 Å². The third-order valence-corrected chi connectivity index (χ3v) is 2.87. The first-order valence-corrected chi connectivity index (χ1v) is 5.67. The van der Waals surface area contributed by atoms with Crippen LogP contribution in [0.4, 0.5) is 0 Å². The Morgan fingerprint density at radius 3 is 2.69 bits per heavy atom. The zero-order chi connectivity index (χ0) is 11.4. The van der Waals surface area contributed by atoms with Gasteiger partial charge in [-0.2, -0.15) is 0 Å². The number of rotatable bonds is 3. The number of hydrogen-bond donors (Lipinski definition) is 1. The summed E-state index contributed by atoms with van der Waals surface area (Å²) in [6, 6.07) is 14.9. The van der Waals surface area contributed by atoms with Crippen molar-refractivity contribution in [2.75, 3.05) is 6.54 Å². The van der Waals surface area contributed by atoms with Crippen LogP contribution in [-0.4, -0.2) is 6.54 Å². The molecule has 0 bridgehead atoms. The van der Waals surface area contributed by atoms with Crippen LogP contribution in [0.2, 0.25) is 0 Å². The highest BCUT2D eigenvalue weighted by atomic mass is 14.5. The van der Waals surface area contributed by atoms with Gasteiger partial charge in [0.2, 0.25) is 0 Å². The topological polar surface area (TPSA) is 26.0 Å². The maximum atomic E-state index is 5.48. The molecule has 16 heavy (non-hydrogen) atoms. The standard InChI is InChI=1S/C15H17N/c1-12(6-5-11-16)14-10-4-8-13-7-2-3-9-15(13)14/h2-10,12H,11,16H2,1H3/t12-/m1/s1. The van der Waals surface area contributed by atoms with Gasteiger partial charge >= 0.3 is 0 Å². The van der Waals surface area contributed by atoms with E-state index in [-0.39, 0.29) is 0 Å². The Bertz CT molecular complexity index is 494. The molecule has 0 amide bonds. The summed E-state index contributed by atoms with van der Waals surface area (Å²) in [5, 5.41) is 2.63. The van der Waals surface area contributed by atoms with Crippen LogP contribution in [0.3, 0.4) is 0 Å². The lowest BCUT2D eigenvalue weighted by atomic mass is 9.94. The molecule has 2 N–H and O–H groups in total. The van der Waals surface area contributed by atoms with Gasteiger partial charge in [-0.1, -0.05) is 61.5 Å². The molecule has 0 saturated carbocycles. The highest BCUT2D eigenvalue weighted by Gasteiger charge is 2.05. The lowest BCUT2D eigenvalue weighted by Crippen LogP contribution is -1.95. The fraction of sp³-hybridized carbons (Fsp3) is 0.200. The predicted octanol–water partition coefficient (Wildman–Crippen LogP) is 3.46. The molecule has 0 aliphatic heterocycles. The number of nitrogens with two attached hydrogens (primary N) is 1. The van der Waals surface area contributed by atoms with Gasteiger partial charge in [-0.15, -0.1) is 0 Å². The molecule has 0 heterocycles. The van der Waals surface area contributed by atoms with Crippen molar-refractivity contribution in [3.8, 4) is 0 Å². The van der Waals surface area contributed by atoms with Crippen molar-refractivity contribution in [2.45, 2.75) is 12.8 Å². The maximum Gasteiger partial charge on any atom is 0.0107 e. The van der Waals surface area contributed by atoms with E-state index in [0.29, 0.717) is 12.5 Å². The Kier molecular flexibility index (Phi) is 3.37. The van der Waals surface area contributed by atoms with Crippen LogP contribution in [0, 0.1) is 0 Å². The monoisotopic (exact) mass is 211 g/mol. The first-order chi connectivity index (χ1) is 7.83. The van der Waals surface area contributed by atoms with E-state index >= 15 is 0 Å². The summed E-state index contributed by atoms with van der Waals surface area (Å²) in [7, 11) is 0. The van der Waals surface area contributed by atoms with E-state index in [1.165, 1.54) is 16.3 Å². The molecule has 0 unspecified atom stereocenters. The van der Waals surface area contributed by atoms with Crippen LogP contribution >= 0.6 is 0 Å². The van der Waals surface area contributed by atoms with Crippen LogP contribution in [0.1, 0.15) is 18.4 Å². The second kappa shape index (κ2) is 4.95. The summed E-state index contributed by atoms with van der Waals surface area (Å²) >= 11 is 0. The smallest absolute Gasteiger partial charge is 0.0107 e. The molecule has 0 spiro atoms. The van der Waals surface area contributed by atoms with Crippen molar-refractivity contribution in [1.82, 2.24) is 0 Å². The minimum Gasteiger partial charge on any atom is -0.327 e. The second-order valence-electron chi connectivity index (χ2n) is 4.02. The first kappa shape index (κ1) is 10.9. The van der Waals surface area contributed by atoms with Crippen molar-refractivity contribution in [3.05, 3.63) is 60.2 Å². The SMILES string of the molecule is C[C@H](C=CCN)c1cccc2ccccc12. The fourth-order valence-corrected chi connectivity index (χ4v) is 2.03. The van der Waals surface area contributed by atoms with Crippen molar-refractivity contribution >= 4 is 10.8 Å². The first-order valence-electron chi connectivity index (χ1n) is 5.67. The molecule has 2 aromatic carbocycles. The Hall–Kier alpha value is -1.60. The third-order valence-electron chi connectivity index (χ3n) is 2.87. The van der Waals surface area contributed by atoms with Gasteiger partial charge < -0.3 is 5.73 Å². The molecule has 2 aromatic rings. The molecule has 0 aromatic heterocycles. The van der Waals surface area contributed by atoms with Crippen LogP contribution in [0.15, 0.2) is 54.6 Å². The number of allylic oxidation sites excluding steroid dienone is 1. The van der Waals surface area contributed by atoms with E-state index in [1.54, 1.807) is 0 Å². The van der Waals surface area contributed by atoms with E-state index in [2.05, 4.69) is 55.5 Å². The quantitative estimate of drug-likeness (QED) is 0.773. The lowest BCUT2D eigenvalue weighted by molar-refractivity contribution is 0.972. The molecule has 0 aliphatic rings. The van der Waals surface area contributed by atoms with Gasteiger partial charge in [-0.05, 0) is 22.3 Å². The number of hydrogen-bond acceptors (Lipinski definition) is 1. The average molecular weight is 211 g/mol. The summed E-state index contributed by atoms with van der Waals surface area (Å²) in [4.78, 5) is 0. The van der Waals surface area contributed by atoms with Crippen molar-refractivity contribution in [3.63, 3.8) is 0 Å². The van der Waals surface area contributed by atoms with Gasteiger partial charge in [0.25, 0.3) is 0 Å². The summed E-state index contributed by atoms with van der Waals surface area (Å²) in [5.74, 6) is 0.412. The van der Waals surface area contributed by atoms with Gasteiger partial charge in [0.05, 0.1) is 0 Å². The summed E-state index contributed by atoms with van der Waals surface area (Å²) in [6.07, 6.45) is 4.19. The van der Waals surface area contributed by atoms with E-state index < -0.39 is 0 Å². The summed E-state index contributed by atoms with van der Waals surface area (Å²) in [5.41, 5.74) is 6.84. The third kappa shape index (κ3) is 2.15. The average Bonchev–Trinajstić information content (AvgIpc) is 2.35. The predicted molar refractivity (Wildman–Crippen MR) is 70.6 cm³/mol. The van der Waals surface area contributed by atoms with Gasteiger partial charge in [-0.25, -0.2) is 0 Å². The minimum atomic E-state index is 0.412. The highest BCUT2D eigenvalue weighted by molar-refractivity contribution is 5.86. The van der Waals surface area contributed by atoms with Gasteiger partial charge in [-0.3, -0.25) is 0 Å². The van der Waals surface area contributed by atoms with E-state index in [1.807, 2.05) is 6.08 Å². The van der Waals surface area contributed by atoms with E-state index in [0.717, 1.165) is 0 Å². The molecular weight excluding hydrogens is 194 g/mol. The summed E-state index contributed by atoms with van der Waals surface area (Å²) in [6.45, 7) is 2.81. The molecule has 1 heteroatoms. The van der Waals surface area contributed by atoms with Gasteiger partial charge in [0, 0.05) is 6.54 Å². The summed E-state index contributed by atoms with van der Waals surface area (Å²) < 4.78 is 0. The van der Waals surface area contributed by atoms with Crippen molar-refractivity contribution in [1.29, 1.82) is 0 Å². The fourth-order valence-electron chi connectivity index (χ4n) is 2.03. The van der Waals surface area contributed by atoms with E-state index in [4.69, 9.17) is 5.73 Å². The lowest BCUT2D eigenvalue weighted by Gasteiger charge is -2.10. The maximum absolute atomic E-state index is 5.48. The molecule has 82 valence electrons.